The molecule has 2 N–H and O–H groups in total. The molecule has 0 fully saturated rings. The van der Waals surface area contributed by atoms with Crippen molar-refractivity contribution in [3.05, 3.63) is 23.0 Å². The van der Waals surface area contributed by atoms with Gasteiger partial charge in [-0.15, -0.1) is 0 Å². The maximum atomic E-state index is 5.77. The van der Waals surface area contributed by atoms with Gasteiger partial charge in [-0.2, -0.15) is 0 Å². The Morgan fingerprint density at radius 3 is 3.15 bits per heavy atom. The van der Waals surface area contributed by atoms with Crippen LogP contribution in [0.15, 0.2) is 17.4 Å². The molecule has 4 nitrogen and oxygen atoms in total. The molecule has 0 aromatic carbocycles. The Hall–Kier alpha value is -1.29. The van der Waals surface area contributed by atoms with Crippen molar-refractivity contribution in [1.29, 1.82) is 0 Å². The molecule has 0 saturated carbocycles. The molecule has 0 bridgehead atoms. The van der Waals surface area contributed by atoms with Crippen LogP contribution in [0.3, 0.4) is 0 Å². The van der Waals surface area contributed by atoms with Gasteiger partial charge in [0.2, 0.25) is 0 Å². The molecular weight excluding hydrogens is 190 g/mol. The molecule has 1 rings (SSSR count). The number of rotatable bonds is 3. The van der Waals surface area contributed by atoms with Crippen molar-refractivity contribution in [1.82, 2.24) is 4.98 Å². The van der Waals surface area contributed by atoms with Crippen LogP contribution < -0.4 is 5.73 Å². The molecule has 5 heteroatoms. The van der Waals surface area contributed by atoms with E-state index in [1.54, 1.807) is 6.07 Å². The summed E-state index contributed by atoms with van der Waals surface area (Å²) in [4.78, 5) is 8.63. The van der Waals surface area contributed by atoms with Gasteiger partial charge in [0.05, 0.1) is 11.8 Å². The van der Waals surface area contributed by atoms with E-state index in [2.05, 4.69) is 10.1 Å². The number of oxime groups is 1. The van der Waals surface area contributed by atoms with Crippen molar-refractivity contribution < 1.29 is 4.84 Å². The van der Waals surface area contributed by atoms with E-state index in [4.69, 9.17) is 22.2 Å². The van der Waals surface area contributed by atoms with Crippen molar-refractivity contribution in [3.63, 3.8) is 0 Å². The van der Waals surface area contributed by atoms with Gasteiger partial charge in [-0.1, -0.05) is 16.8 Å². The van der Waals surface area contributed by atoms with Crippen LogP contribution in [0.2, 0.25) is 5.15 Å². The van der Waals surface area contributed by atoms with Crippen molar-refractivity contribution in [2.45, 2.75) is 6.92 Å². The fourth-order valence-corrected chi connectivity index (χ4v) is 0.968. The van der Waals surface area contributed by atoms with Gasteiger partial charge >= 0.3 is 0 Å². The van der Waals surface area contributed by atoms with Crippen LogP contribution in [0, 0.1) is 0 Å². The smallest absolute Gasteiger partial charge is 0.139 e. The highest BCUT2D eigenvalue weighted by Gasteiger charge is 2.01. The maximum Gasteiger partial charge on any atom is 0.139 e. The second kappa shape index (κ2) is 4.67. The van der Waals surface area contributed by atoms with Crippen molar-refractivity contribution in [3.8, 4) is 0 Å². The second-order valence-electron chi connectivity index (χ2n) is 2.26. The number of hydrogen-bond donors (Lipinski definition) is 1. The van der Waals surface area contributed by atoms with Crippen LogP contribution in [0.25, 0.3) is 0 Å². The van der Waals surface area contributed by atoms with E-state index in [0.717, 1.165) is 0 Å². The Kier molecular flexibility index (Phi) is 3.52. The van der Waals surface area contributed by atoms with Gasteiger partial charge in [-0.05, 0) is 13.0 Å². The fourth-order valence-electron chi connectivity index (χ4n) is 0.754. The minimum absolute atomic E-state index is 0.323. The molecule has 0 aliphatic heterocycles. The highest BCUT2D eigenvalue weighted by Crippen LogP contribution is 2.16. The largest absolute Gasteiger partial charge is 0.398 e. The first-order valence-corrected chi connectivity index (χ1v) is 4.18. The van der Waals surface area contributed by atoms with E-state index in [-0.39, 0.29) is 0 Å². The molecule has 70 valence electrons. The quantitative estimate of drug-likeness (QED) is 0.458. The highest BCUT2D eigenvalue weighted by atomic mass is 35.5. The summed E-state index contributed by atoms with van der Waals surface area (Å²) in [5, 5.41) is 3.97. The Morgan fingerprint density at radius 1 is 1.77 bits per heavy atom. The van der Waals surface area contributed by atoms with E-state index in [1.165, 1.54) is 12.4 Å². The zero-order chi connectivity index (χ0) is 9.68. The Morgan fingerprint density at radius 2 is 2.54 bits per heavy atom. The molecule has 0 unspecified atom stereocenters. The lowest BCUT2D eigenvalue weighted by molar-refractivity contribution is 0.160. The van der Waals surface area contributed by atoms with Gasteiger partial charge in [0.25, 0.3) is 0 Å². The van der Waals surface area contributed by atoms with Crippen LogP contribution in [-0.2, 0) is 4.84 Å². The van der Waals surface area contributed by atoms with E-state index >= 15 is 0 Å². The number of nitrogens with zero attached hydrogens (tertiary/aromatic N) is 2. The van der Waals surface area contributed by atoms with E-state index < -0.39 is 0 Å². The number of halogens is 1. The number of pyridine rings is 1. The first-order valence-electron chi connectivity index (χ1n) is 3.81. The summed E-state index contributed by atoms with van der Waals surface area (Å²) in [5.74, 6) is 0. The topological polar surface area (TPSA) is 60.5 Å². The summed E-state index contributed by atoms with van der Waals surface area (Å²) in [7, 11) is 0. The monoisotopic (exact) mass is 199 g/mol. The van der Waals surface area contributed by atoms with E-state index in [0.29, 0.717) is 23.0 Å². The van der Waals surface area contributed by atoms with Gasteiger partial charge in [-0.25, -0.2) is 4.98 Å². The molecular formula is C8H10ClN3O. The van der Waals surface area contributed by atoms with Crippen molar-refractivity contribution in [2.24, 2.45) is 5.16 Å². The average molecular weight is 200 g/mol. The molecule has 0 spiro atoms. The number of hydrogen-bond acceptors (Lipinski definition) is 4. The minimum Gasteiger partial charge on any atom is -0.398 e. The first-order chi connectivity index (χ1) is 6.25. The maximum absolute atomic E-state index is 5.77. The number of aromatic nitrogens is 1. The summed E-state index contributed by atoms with van der Waals surface area (Å²) in [5.41, 5.74) is 6.74. The summed E-state index contributed by atoms with van der Waals surface area (Å²) in [6, 6.07) is 1.65. The molecule has 0 aliphatic rings. The summed E-state index contributed by atoms with van der Waals surface area (Å²) >= 11 is 5.77. The zero-order valence-corrected chi connectivity index (χ0v) is 7.95. The standard InChI is InChI=1S/C8H10ClN3O/c1-2-13-12-5-6-7(10)3-4-11-8(6)9/h3-5H,2H2,1H3,(H2,10,11). The van der Waals surface area contributed by atoms with Gasteiger partial charge in [0.1, 0.15) is 11.8 Å². The molecule has 0 atom stereocenters. The molecule has 1 aromatic heterocycles. The molecule has 1 heterocycles. The Bertz CT molecular complexity index is 294. The predicted octanol–water partition coefficient (Wildman–Crippen LogP) is 1.69. The van der Waals surface area contributed by atoms with E-state index in [1.807, 2.05) is 6.92 Å². The normalized spacial score (nSPS) is 10.6. The molecule has 0 saturated heterocycles. The molecule has 0 amide bonds. The fraction of sp³-hybridized carbons (Fsp3) is 0.250. The van der Waals surface area contributed by atoms with Crippen molar-refractivity contribution in [2.75, 3.05) is 12.3 Å². The summed E-state index contributed by atoms with van der Waals surface area (Å²) in [6.07, 6.45) is 2.99. The van der Waals surface area contributed by atoms with Crippen LogP contribution in [0.1, 0.15) is 12.5 Å². The summed E-state index contributed by atoms with van der Waals surface area (Å²) < 4.78 is 0. The SMILES string of the molecule is CCON=Cc1c(N)ccnc1Cl. The second-order valence-corrected chi connectivity index (χ2v) is 2.61. The van der Waals surface area contributed by atoms with Gasteiger partial charge in [0.15, 0.2) is 0 Å². The van der Waals surface area contributed by atoms with Gasteiger partial charge < -0.3 is 10.6 Å². The molecule has 1 aromatic rings. The third-order valence-electron chi connectivity index (χ3n) is 1.36. The van der Waals surface area contributed by atoms with Crippen LogP contribution in [0.4, 0.5) is 5.69 Å². The Balaban J connectivity index is 2.87. The summed E-state index contributed by atoms with van der Waals surface area (Å²) in [6.45, 7) is 2.35. The zero-order valence-electron chi connectivity index (χ0n) is 7.20. The average Bonchev–Trinajstić information content (AvgIpc) is 2.10. The number of nitrogens with two attached hydrogens (primary N) is 1. The third-order valence-corrected chi connectivity index (χ3v) is 1.66. The van der Waals surface area contributed by atoms with Crippen LogP contribution in [-0.4, -0.2) is 17.8 Å². The van der Waals surface area contributed by atoms with Crippen LogP contribution >= 0.6 is 11.6 Å². The molecule has 13 heavy (non-hydrogen) atoms. The number of anilines is 1. The number of nitrogen functional groups attached to an aromatic ring is 1. The molecule has 0 radical (unpaired) electrons. The molecule has 0 aliphatic carbocycles. The van der Waals surface area contributed by atoms with Gasteiger partial charge in [-0.3, -0.25) is 0 Å². The van der Waals surface area contributed by atoms with Crippen LogP contribution in [0.5, 0.6) is 0 Å². The third kappa shape index (κ3) is 2.59. The Labute approximate surface area is 81.4 Å². The van der Waals surface area contributed by atoms with E-state index in [9.17, 15) is 0 Å². The van der Waals surface area contributed by atoms with Gasteiger partial charge in [0, 0.05) is 11.9 Å². The first kappa shape index (κ1) is 9.80. The lowest BCUT2D eigenvalue weighted by atomic mass is 10.2. The highest BCUT2D eigenvalue weighted by molar-refractivity contribution is 6.32. The minimum atomic E-state index is 0.323. The lowest BCUT2D eigenvalue weighted by Crippen LogP contribution is -1.96. The lowest BCUT2D eigenvalue weighted by Gasteiger charge is -2.00. The predicted molar refractivity (Wildman–Crippen MR) is 52.9 cm³/mol. The van der Waals surface area contributed by atoms with Crippen molar-refractivity contribution >= 4 is 23.5 Å².